The topological polar surface area (TPSA) is 28.6 Å². The van der Waals surface area contributed by atoms with Crippen molar-refractivity contribution in [1.82, 2.24) is 4.98 Å². The SMILES string of the molecule is [Pt].[c-]1c(Oc2[c-]c(N3[CH-]N(c4c(-c5ccccc5)cccc4-c4ccccc4)c4c3ccc3ccccc43)ccc2)cccc1Sc1ccccn1. The fourth-order valence-electron chi connectivity index (χ4n) is 6.61. The first-order valence-electron chi connectivity index (χ1n) is 16.8. The van der Waals surface area contributed by atoms with Crippen LogP contribution in [-0.2, 0) is 21.1 Å². The van der Waals surface area contributed by atoms with E-state index in [0.29, 0.717) is 11.5 Å². The molecule has 0 saturated carbocycles. The normalized spacial score (nSPS) is 12.0. The average Bonchev–Trinajstić information content (AvgIpc) is 3.59. The van der Waals surface area contributed by atoms with Gasteiger partial charge in [0, 0.05) is 72.3 Å². The van der Waals surface area contributed by atoms with Gasteiger partial charge in [0.1, 0.15) is 0 Å². The number of hydrogen-bond acceptors (Lipinski definition) is 5. The van der Waals surface area contributed by atoms with Gasteiger partial charge in [0.2, 0.25) is 0 Å². The number of benzene rings is 7. The smallest absolute Gasteiger partial charge is 0.0987 e. The minimum absolute atomic E-state index is 0. The third-order valence-corrected chi connectivity index (χ3v) is 9.79. The number of nitrogens with zero attached hydrogens (tertiary/aromatic N) is 3. The average molecular weight is 868 g/mol. The fraction of sp³-hybridized carbons (Fsp3) is 0. The van der Waals surface area contributed by atoms with Gasteiger partial charge in [0.15, 0.2) is 0 Å². The van der Waals surface area contributed by atoms with E-state index < -0.39 is 0 Å². The molecule has 1 aliphatic rings. The molecule has 0 radical (unpaired) electrons. The molecule has 0 aliphatic carbocycles. The number of rotatable bonds is 8. The van der Waals surface area contributed by atoms with Crippen molar-refractivity contribution in [3.8, 4) is 33.8 Å². The molecule has 7 aromatic carbocycles. The maximum absolute atomic E-state index is 6.38. The van der Waals surface area contributed by atoms with Gasteiger partial charge in [-0.25, -0.2) is 4.98 Å². The van der Waals surface area contributed by atoms with Crippen LogP contribution in [0.2, 0.25) is 0 Å². The largest absolute Gasteiger partial charge is 0.509 e. The monoisotopic (exact) mass is 867 g/mol. The summed E-state index contributed by atoms with van der Waals surface area (Å²) in [5, 5.41) is 3.25. The Morgan fingerprint density at radius 2 is 1.19 bits per heavy atom. The first kappa shape index (κ1) is 33.5. The predicted octanol–water partition coefficient (Wildman–Crippen LogP) is 12.5. The van der Waals surface area contributed by atoms with Gasteiger partial charge in [0.25, 0.3) is 0 Å². The van der Waals surface area contributed by atoms with Gasteiger partial charge >= 0.3 is 0 Å². The third-order valence-electron chi connectivity index (χ3n) is 8.88. The van der Waals surface area contributed by atoms with Gasteiger partial charge in [-0.3, -0.25) is 0 Å². The molecule has 8 aromatic rings. The standard InChI is InChI=1S/C46H30N3OS.Pt/c1-3-14-33(15-4-1)40-24-13-25-41(34-16-5-2-6-17-34)45(40)49-32-48(43-28-27-35-18-7-8-23-42(35)46(43)49)36-19-11-20-37(30-36)50-38-21-12-22-39(31-38)51-44-26-9-10-29-47-44;/h1-29,32H;/q-3;. The Morgan fingerprint density at radius 3 is 1.92 bits per heavy atom. The van der Waals surface area contributed by atoms with Gasteiger partial charge < -0.3 is 14.5 Å². The molecule has 0 fully saturated rings. The molecule has 0 spiro atoms. The van der Waals surface area contributed by atoms with Gasteiger partial charge in [-0.1, -0.05) is 132 Å². The second kappa shape index (κ2) is 14.9. The van der Waals surface area contributed by atoms with Crippen molar-refractivity contribution in [2.24, 2.45) is 0 Å². The van der Waals surface area contributed by atoms with Crippen LogP contribution in [0.3, 0.4) is 0 Å². The van der Waals surface area contributed by atoms with Crippen LogP contribution >= 0.6 is 11.8 Å². The summed E-state index contributed by atoms with van der Waals surface area (Å²) in [5.74, 6) is 1.22. The molecule has 52 heavy (non-hydrogen) atoms. The Balaban J connectivity index is 0.00000387. The minimum atomic E-state index is 0. The first-order chi connectivity index (χ1) is 25.3. The maximum Gasteiger partial charge on any atom is 0.0987 e. The molecule has 254 valence electrons. The molecule has 1 aliphatic heterocycles. The molecule has 0 saturated heterocycles. The summed E-state index contributed by atoms with van der Waals surface area (Å²) >= 11 is 1.55. The van der Waals surface area contributed by atoms with Crippen LogP contribution < -0.4 is 14.5 Å². The molecule has 0 bridgehead atoms. The Bertz CT molecular complexity index is 2420. The molecule has 4 nitrogen and oxygen atoms in total. The van der Waals surface area contributed by atoms with Crippen LogP contribution in [-0.4, -0.2) is 4.98 Å². The number of anilines is 4. The van der Waals surface area contributed by atoms with E-state index in [0.717, 1.165) is 54.9 Å². The zero-order valence-corrected chi connectivity index (χ0v) is 30.9. The second-order valence-corrected chi connectivity index (χ2v) is 13.2. The molecule has 0 unspecified atom stereocenters. The van der Waals surface area contributed by atoms with Crippen LogP contribution in [0.15, 0.2) is 186 Å². The second-order valence-electron chi connectivity index (χ2n) is 12.1. The molecule has 0 N–H and O–H groups in total. The molecule has 2 heterocycles. The zero-order chi connectivity index (χ0) is 34.0. The van der Waals surface area contributed by atoms with Crippen LogP contribution in [0.25, 0.3) is 33.0 Å². The predicted molar refractivity (Wildman–Crippen MR) is 209 cm³/mol. The van der Waals surface area contributed by atoms with Crippen molar-refractivity contribution in [2.75, 3.05) is 9.80 Å². The van der Waals surface area contributed by atoms with E-state index in [1.54, 1.807) is 18.0 Å². The van der Waals surface area contributed by atoms with Crippen molar-refractivity contribution in [3.05, 3.63) is 195 Å². The van der Waals surface area contributed by atoms with E-state index in [-0.39, 0.29) is 21.1 Å². The van der Waals surface area contributed by atoms with Crippen LogP contribution in [0, 0.1) is 18.8 Å². The fourth-order valence-corrected chi connectivity index (χ4v) is 7.40. The molecule has 9 rings (SSSR count). The number of fused-ring (bicyclic) bond motifs is 3. The number of ether oxygens (including phenoxy) is 1. The maximum atomic E-state index is 6.38. The summed E-state index contributed by atoms with van der Waals surface area (Å²) in [6.45, 7) is 2.19. The molecule has 6 heteroatoms. The molecular weight excluding hydrogens is 838 g/mol. The Labute approximate surface area is 322 Å². The van der Waals surface area contributed by atoms with Gasteiger partial charge in [-0.15, -0.1) is 42.7 Å². The van der Waals surface area contributed by atoms with E-state index in [9.17, 15) is 0 Å². The van der Waals surface area contributed by atoms with Gasteiger partial charge in [-0.05, 0) is 34.7 Å². The summed E-state index contributed by atoms with van der Waals surface area (Å²) in [6, 6.07) is 65.6. The van der Waals surface area contributed by atoms with E-state index in [4.69, 9.17) is 4.74 Å². The van der Waals surface area contributed by atoms with E-state index >= 15 is 0 Å². The zero-order valence-electron chi connectivity index (χ0n) is 27.8. The quantitative estimate of drug-likeness (QED) is 0.142. The first-order valence-corrected chi connectivity index (χ1v) is 17.6. The Kier molecular flexibility index (Phi) is 9.63. The van der Waals surface area contributed by atoms with Crippen molar-refractivity contribution in [2.45, 2.75) is 9.92 Å². The van der Waals surface area contributed by atoms with E-state index in [1.165, 1.54) is 10.8 Å². The Morgan fingerprint density at radius 1 is 0.538 bits per heavy atom. The number of hydrogen-bond donors (Lipinski definition) is 0. The summed E-state index contributed by atoms with van der Waals surface area (Å²) in [5.41, 5.74) is 8.75. The summed E-state index contributed by atoms with van der Waals surface area (Å²) < 4.78 is 6.38. The van der Waals surface area contributed by atoms with E-state index in [1.807, 2.05) is 48.5 Å². The van der Waals surface area contributed by atoms with Crippen molar-refractivity contribution < 1.29 is 25.8 Å². The molecule has 0 atom stereocenters. The van der Waals surface area contributed by atoms with Gasteiger partial charge in [0.05, 0.1) is 5.03 Å². The third kappa shape index (κ3) is 6.62. The van der Waals surface area contributed by atoms with Crippen LogP contribution in [0.1, 0.15) is 0 Å². The van der Waals surface area contributed by atoms with Crippen LogP contribution in [0.5, 0.6) is 11.5 Å². The summed E-state index contributed by atoms with van der Waals surface area (Å²) in [6.07, 6.45) is 1.79. The number of para-hydroxylation sites is 1. The molecular formula is C46H30N3OPtS-3. The minimum Gasteiger partial charge on any atom is -0.509 e. The summed E-state index contributed by atoms with van der Waals surface area (Å²) in [7, 11) is 0. The van der Waals surface area contributed by atoms with Gasteiger partial charge in [-0.2, -0.15) is 18.2 Å². The Hall–Kier alpha value is -5.61. The number of aromatic nitrogens is 1. The van der Waals surface area contributed by atoms with Crippen molar-refractivity contribution in [1.29, 1.82) is 0 Å². The number of pyridine rings is 1. The summed E-state index contributed by atoms with van der Waals surface area (Å²) in [4.78, 5) is 9.93. The van der Waals surface area contributed by atoms with E-state index in [2.05, 4.69) is 155 Å². The van der Waals surface area contributed by atoms with Crippen LogP contribution in [0.4, 0.5) is 22.7 Å². The molecule has 1 aromatic heterocycles. The van der Waals surface area contributed by atoms with Crippen molar-refractivity contribution in [3.63, 3.8) is 0 Å². The van der Waals surface area contributed by atoms with Crippen molar-refractivity contribution >= 4 is 45.3 Å². The molecule has 0 amide bonds.